The first-order valence-corrected chi connectivity index (χ1v) is 4.20. The molecule has 0 atom stereocenters. The second kappa shape index (κ2) is 3.90. The monoisotopic (exact) mass is 201 g/mol. The van der Waals surface area contributed by atoms with Gasteiger partial charge in [-0.05, 0) is 0 Å². The zero-order valence-corrected chi connectivity index (χ0v) is 7.32. The average molecular weight is 201 g/mol. The summed E-state index contributed by atoms with van der Waals surface area (Å²) in [6.45, 7) is 0. The van der Waals surface area contributed by atoms with Crippen molar-refractivity contribution in [2.24, 2.45) is 5.73 Å². The third kappa shape index (κ3) is 2.44. The molecule has 0 aliphatic heterocycles. The van der Waals surface area contributed by atoms with Crippen LogP contribution in [0.25, 0.3) is 0 Å². The van der Waals surface area contributed by atoms with E-state index in [1.165, 1.54) is 0 Å². The van der Waals surface area contributed by atoms with Crippen molar-refractivity contribution in [3.8, 4) is 0 Å². The Morgan fingerprint density at radius 1 is 1.69 bits per heavy atom. The first-order chi connectivity index (χ1) is 6.11. The molecule has 0 fully saturated rings. The topological polar surface area (TPSA) is 117 Å². The van der Waals surface area contributed by atoms with Crippen molar-refractivity contribution in [2.75, 3.05) is 11.6 Å². The van der Waals surface area contributed by atoms with Crippen molar-refractivity contribution < 1.29 is 4.79 Å². The molecule has 1 amide bonds. The van der Waals surface area contributed by atoms with Gasteiger partial charge >= 0.3 is 0 Å². The molecule has 70 valence electrons. The highest BCUT2D eigenvalue weighted by molar-refractivity contribution is 7.99. The smallest absolute Gasteiger partial charge is 0.291 e. The van der Waals surface area contributed by atoms with Gasteiger partial charge < -0.3 is 11.6 Å². The van der Waals surface area contributed by atoms with Crippen LogP contribution in [0.5, 0.6) is 0 Å². The maximum atomic E-state index is 10.9. The van der Waals surface area contributed by atoms with E-state index in [1.54, 1.807) is 0 Å². The summed E-state index contributed by atoms with van der Waals surface area (Å²) >= 11 is 0.959. The van der Waals surface area contributed by atoms with Gasteiger partial charge in [-0.2, -0.15) is 9.77 Å². The largest absolute Gasteiger partial charge is 0.369 e. The van der Waals surface area contributed by atoms with Crippen LogP contribution in [0.3, 0.4) is 0 Å². The molecule has 1 aromatic heterocycles. The molecule has 0 saturated carbocycles. The second-order valence-corrected chi connectivity index (χ2v) is 3.03. The minimum Gasteiger partial charge on any atom is -0.369 e. The van der Waals surface area contributed by atoms with E-state index >= 15 is 0 Å². The average Bonchev–Trinajstić information content (AvgIpc) is 2.07. The molecule has 8 heteroatoms. The summed E-state index contributed by atoms with van der Waals surface area (Å²) in [6, 6.07) is 0. The van der Waals surface area contributed by atoms with E-state index in [0.29, 0.717) is 0 Å². The molecule has 7 nitrogen and oxygen atoms in total. The fourth-order valence-corrected chi connectivity index (χ4v) is 1.17. The van der Waals surface area contributed by atoms with E-state index in [9.17, 15) is 9.59 Å². The van der Waals surface area contributed by atoms with Gasteiger partial charge in [0.25, 0.3) is 5.56 Å². The van der Waals surface area contributed by atoms with Crippen LogP contribution >= 0.6 is 11.8 Å². The number of hydrogen-bond acceptors (Lipinski definition) is 6. The lowest BCUT2D eigenvalue weighted by Gasteiger charge is -2.01. The molecule has 0 unspecified atom stereocenters. The van der Waals surface area contributed by atoms with E-state index in [4.69, 9.17) is 11.6 Å². The summed E-state index contributed by atoms with van der Waals surface area (Å²) in [6.07, 6.45) is 0.980. The fourth-order valence-electron chi connectivity index (χ4n) is 0.566. The van der Waals surface area contributed by atoms with Crippen LogP contribution in [0.2, 0.25) is 0 Å². The number of hydrogen-bond donors (Lipinski definition) is 2. The first kappa shape index (κ1) is 9.52. The van der Waals surface area contributed by atoms with Gasteiger partial charge in [0.2, 0.25) is 11.1 Å². The number of nitrogen functional groups attached to an aromatic ring is 1. The zero-order valence-electron chi connectivity index (χ0n) is 6.51. The van der Waals surface area contributed by atoms with E-state index in [1.807, 2.05) is 0 Å². The number of carbonyl (C=O) groups is 1. The Morgan fingerprint density at radius 2 is 2.38 bits per heavy atom. The lowest BCUT2D eigenvalue weighted by atomic mass is 10.8. The molecule has 0 radical (unpaired) electrons. The molecule has 1 aromatic rings. The summed E-state index contributed by atoms with van der Waals surface area (Å²) in [7, 11) is 0. The number of nitrogens with two attached hydrogens (primary N) is 2. The molecule has 0 aliphatic carbocycles. The molecule has 1 rings (SSSR count). The Bertz CT molecular complexity index is 375. The van der Waals surface area contributed by atoms with Crippen LogP contribution in [0.15, 0.2) is 16.1 Å². The molecule has 13 heavy (non-hydrogen) atoms. The van der Waals surface area contributed by atoms with Gasteiger partial charge in [-0.3, -0.25) is 9.59 Å². The van der Waals surface area contributed by atoms with Crippen molar-refractivity contribution in [3.63, 3.8) is 0 Å². The number of carbonyl (C=O) groups excluding carboxylic acids is 1. The molecule has 1 heterocycles. The van der Waals surface area contributed by atoms with Crippen LogP contribution in [0.1, 0.15) is 0 Å². The molecule has 0 saturated heterocycles. The number of primary amides is 1. The van der Waals surface area contributed by atoms with Crippen molar-refractivity contribution in [1.29, 1.82) is 0 Å². The van der Waals surface area contributed by atoms with Crippen molar-refractivity contribution in [1.82, 2.24) is 14.9 Å². The summed E-state index contributed by atoms with van der Waals surface area (Å²) < 4.78 is 0.806. The van der Waals surface area contributed by atoms with Crippen LogP contribution in [0, 0.1) is 0 Å². The Morgan fingerprint density at radius 3 is 3.00 bits per heavy atom. The van der Waals surface area contributed by atoms with Gasteiger partial charge in [0.05, 0.1) is 5.75 Å². The minimum atomic E-state index is -0.511. The second-order valence-electron chi connectivity index (χ2n) is 2.09. The Hall–Kier alpha value is -1.57. The van der Waals surface area contributed by atoms with Gasteiger partial charge in [-0.1, -0.05) is 11.8 Å². The molecule has 4 N–H and O–H groups in total. The van der Waals surface area contributed by atoms with E-state index in [-0.39, 0.29) is 10.9 Å². The van der Waals surface area contributed by atoms with E-state index in [2.05, 4.69) is 10.2 Å². The highest BCUT2D eigenvalue weighted by atomic mass is 32.2. The number of amides is 1. The van der Waals surface area contributed by atoms with Crippen molar-refractivity contribution >= 4 is 17.7 Å². The number of aromatic nitrogens is 3. The molecular weight excluding hydrogens is 194 g/mol. The van der Waals surface area contributed by atoms with Crippen LogP contribution < -0.4 is 17.1 Å². The maximum absolute atomic E-state index is 10.9. The molecule has 0 aromatic carbocycles. The lowest BCUT2D eigenvalue weighted by molar-refractivity contribution is -0.115. The van der Waals surface area contributed by atoms with Gasteiger partial charge in [0.15, 0.2) is 0 Å². The Balaban J connectivity index is 2.83. The van der Waals surface area contributed by atoms with E-state index in [0.717, 1.165) is 22.6 Å². The fraction of sp³-hybridized carbons (Fsp3) is 0.200. The number of nitrogens with zero attached hydrogens (tertiary/aromatic N) is 3. The van der Waals surface area contributed by atoms with Crippen molar-refractivity contribution in [2.45, 2.75) is 5.16 Å². The third-order valence-electron chi connectivity index (χ3n) is 1.10. The molecule has 0 spiro atoms. The third-order valence-corrected chi connectivity index (χ3v) is 2.06. The van der Waals surface area contributed by atoms with Gasteiger partial charge in [0, 0.05) is 0 Å². The van der Waals surface area contributed by atoms with Crippen LogP contribution in [-0.2, 0) is 4.79 Å². The van der Waals surface area contributed by atoms with Crippen LogP contribution in [-0.4, -0.2) is 26.5 Å². The lowest BCUT2D eigenvalue weighted by Crippen LogP contribution is -2.30. The van der Waals surface area contributed by atoms with Gasteiger partial charge in [0.1, 0.15) is 6.20 Å². The van der Waals surface area contributed by atoms with Crippen molar-refractivity contribution in [3.05, 3.63) is 16.6 Å². The zero-order chi connectivity index (χ0) is 9.84. The van der Waals surface area contributed by atoms with Crippen LogP contribution in [0.4, 0.5) is 0 Å². The van der Waals surface area contributed by atoms with Gasteiger partial charge in [-0.25, -0.2) is 0 Å². The normalized spacial score (nSPS) is 9.85. The standard InChI is InChI=1S/C5H7N5O2S/c6-3(11)2-13-5-9-8-1-4(12)10(5)7/h1H,2,7H2,(H2,6,11). The van der Waals surface area contributed by atoms with E-state index < -0.39 is 11.5 Å². The molecular formula is C5H7N5O2S. The molecule has 0 aliphatic rings. The maximum Gasteiger partial charge on any atom is 0.291 e. The predicted molar refractivity (Wildman–Crippen MR) is 46.4 cm³/mol. The Labute approximate surface area is 77.1 Å². The van der Waals surface area contributed by atoms with Gasteiger partial charge in [-0.15, -0.1) is 5.10 Å². The Kier molecular flexibility index (Phi) is 2.85. The first-order valence-electron chi connectivity index (χ1n) is 3.22. The highest BCUT2D eigenvalue weighted by Crippen LogP contribution is 2.08. The summed E-state index contributed by atoms with van der Waals surface area (Å²) in [5.41, 5.74) is 4.41. The predicted octanol–water partition coefficient (Wildman–Crippen LogP) is -2.07. The quantitative estimate of drug-likeness (QED) is 0.428. The summed E-state index contributed by atoms with van der Waals surface area (Å²) in [5.74, 6) is 4.80. The summed E-state index contributed by atoms with van der Waals surface area (Å²) in [5, 5.41) is 7.10. The highest BCUT2D eigenvalue weighted by Gasteiger charge is 2.04. The summed E-state index contributed by atoms with van der Waals surface area (Å²) in [4.78, 5) is 21.3. The molecule has 0 bridgehead atoms. The number of thioether (sulfide) groups is 1. The number of rotatable bonds is 3. The minimum absolute atomic E-state index is 0.00926. The SMILES string of the molecule is NC(=O)CSc1nncc(=O)n1N.